The number of nitrogens with zero attached hydrogens (tertiary/aromatic N) is 1. The van der Waals surface area contributed by atoms with Gasteiger partial charge in [0.15, 0.2) is 0 Å². The van der Waals surface area contributed by atoms with Gasteiger partial charge in [-0.1, -0.05) is 27.7 Å². The average molecular weight is 239 g/mol. The first-order valence-electron chi connectivity index (χ1n) is 6.71. The highest BCUT2D eigenvalue weighted by Gasteiger charge is 2.59. The summed E-state index contributed by atoms with van der Waals surface area (Å²) in [5, 5.41) is 0. The van der Waals surface area contributed by atoms with Gasteiger partial charge in [0.2, 0.25) is 5.91 Å². The maximum atomic E-state index is 12.5. The molecule has 1 saturated heterocycles. The zero-order chi connectivity index (χ0) is 12.8. The minimum absolute atomic E-state index is 0.192. The Labute approximate surface area is 105 Å². The van der Waals surface area contributed by atoms with Gasteiger partial charge in [-0.2, -0.15) is 0 Å². The molecule has 1 heterocycles. The number of carbonyl (C=O) groups is 1. The van der Waals surface area contributed by atoms with E-state index in [0.29, 0.717) is 36.3 Å². The highest BCUT2D eigenvalue weighted by Crippen LogP contribution is 2.54. The summed E-state index contributed by atoms with van der Waals surface area (Å²) in [6.07, 6.45) is 1.25. The second-order valence-electron chi connectivity index (χ2n) is 6.42. The highest BCUT2D eigenvalue weighted by atomic mass is 16.5. The molecule has 0 aromatic carbocycles. The van der Waals surface area contributed by atoms with Crippen molar-refractivity contribution in [1.82, 2.24) is 4.90 Å². The van der Waals surface area contributed by atoms with Crippen molar-refractivity contribution in [3.05, 3.63) is 0 Å². The molecule has 1 aliphatic heterocycles. The van der Waals surface area contributed by atoms with Gasteiger partial charge in [-0.15, -0.1) is 0 Å². The predicted octanol–water partition coefficient (Wildman–Crippen LogP) is 2.16. The van der Waals surface area contributed by atoms with E-state index in [1.54, 1.807) is 7.11 Å². The molecular weight excluding hydrogens is 214 g/mol. The van der Waals surface area contributed by atoms with Crippen LogP contribution in [0.15, 0.2) is 0 Å². The van der Waals surface area contributed by atoms with Crippen LogP contribution in [0.2, 0.25) is 0 Å². The summed E-state index contributed by atoms with van der Waals surface area (Å²) in [5.41, 5.74) is -0.192. The van der Waals surface area contributed by atoms with Crippen LogP contribution in [0.5, 0.6) is 0 Å². The Balaban J connectivity index is 2.26. The van der Waals surface area contributed by atoms with E-state index in [1.807, 2.05) is 0 Å². The molecule has 3 nitrogen and oxygen atoms in total. The summed E-state index contributed by atoms with van der Waals surface area (Å²) < 4.78 is 5.14. The average Bonchev–Trinajstić information content (AvgIpc) is 2.64. The summed E-state index contributed by atoms with van der Waals surface area (Å²) in [4.78, 5) is 14.6. The van der Waals surface area contributed by atoms with Crippen molar-refractivity contribution in [2.75, 3.05) is 20.3 Å². The van der Waals surface area contributed by atoms with Crippen molar-refractivity contribution in [3.8, 4) is 0 Å². The van der Waals surface area contributed by atoms with Gasteiger partial charge in [0.05, 0.1) is 6.61 Å². The van der Waals surface area contributed by atoms with E-state index in [9.17, 15) is 4.79 Å². The Morgan fingerprint density at radius 2 is 2.00 bits per heavy atom. The standard InChI is InChI=1S/C14H25NO2/c1-9-8-10(2)12-11(9)14(3,4)13(16)15(12)6-7-17-5/h9-12H,6-8H2,1-5H3. The molecule has 0 spiro atoms. The number of fused-ring (bicyclic) bond motifs is 1. The van der Waals surface area contributed by atoms with Gasteiger partial charge in [0.1, 0.15) is 0 Å². The normalized spacial score (nSPS) is 39.8. The molecule has 1 aliphatic carbocycles. The highest BCUT2D eigenvalue weighted by molar-refractivity contribution is 5.85. The first-order valence-corrected chi connectivity index (χ1v) is 6.71. The SMILES string of the molecule is COCCN1C(=O)C(C)(C)C2C(C)CC(C)C21. The molecule has 2 aliphatic rings. The number of amides is 1. The summed E-state index contributed by atoms with van der Waals surface area (Å²) in [5.74, 6) is 2.11. The lowest BCUT2D eigenvalue weighted by Gasteiger charge is -2.27. The molecule has 98 valence electrons. The fourth-order valence-corrected chi connectivity index (χ4v) is 4.29. The van der Waals surface area contributed by atoms with Crippen molar-refractivity contribution in [2.45, 2.75) is 40.2 Å². The summed E-state index contributed by atoms with van der Waals surface area (Å²) in [6.45, 7) is 10.2. The van der Waals surface area contributed by atoms with Gasteiger partial charge in [-0.05, 0) is 24.2 Å². The maximum Gasteiger partial charge on any atom is 0.228 e. The van der Waals surface area contributed by atoms with Crippen molar-refractivity contribution in [3.63, 3.8) is 0 Å². The number of methoxy groups -OCH3 is 1. The van der Waals surface area contributed by atoms with Crippen LogP contribution in [-0.4, -0.2) is 37.1 Å². The van der Waals surface area contributed by atoms with Crippen LogP contribution in [0.25, 0.3) is 0 Å². The summed E-state index contributed by atoms with van der Waals surface area (Å²) in [7, 11) is 1.70. The van der Waals surface area contributed by atoms with Crippen LogP contribution < -0.4 is 0 Å². The van der Waals surface area contributed by atoms with Crippen LogP contribution in [0.3, 0.4) is 0 Å². The van der Waals surface area contributed by atoms with Crippen LogP contribution >= 0.6 is 0 Å². The third-order valence-electron chi connectivity index (χ3n) is 4.85. The monoisotopic (exact) mass is 239 g/mol. The van der Waals surface area contributed by atoms with Gasteiger partial charge >= 0.3 is 0 Å². The Morgan fingerprint density at radius 1 is 1.35 bits per heavy atom. The fraction of sp³-hybridized carbons (Fsp3) is 0.929. The van der Waals surface area contributed by atoms with Crippen LogP contribution in [0, 0.1) is 23.2 Å². The Hall–Kier alpha value is -0.570. The van der Waals surface area contributed by atoms with E-state index in [-0.39, 0.29) is 5.41 Å². The lowest BCUT2D eigenvalue weighted by Crippen LogP contribution is -2.40. The van der Waals surface area contributed by atoms with E-state index in [1.165, 1.54) is 6.42 Å². The van der Waals surface area contributed by atoms with Crippen molar-refractivity contribution in [1.29, 1.82) is 0 Å². The van der Waals surface area contributed by atoms with Gasteiger partial charge in [0.25, 0.3) is 0 Å². The Kier molecular flexibility index (Phi) is 3.23. The van der Waals surface area contributed by atoms with Crippen molar-refractivity contribution < 1.29 is 9.53 Å². The third-order valence-corrected chi connectivity index (χ3v) is 4.85. The largest absolute Gasteiger partial charge is 0.383 e. The molecule has 2 fully saturated rings. The topological polar surface area (TPSA) is 29.5 Å². The van der Waals surface area contributed by atoms with Gasteiger partial charge in [0, 0.05) is 25.1 Å². The van der Waals surface area contributed by atoms with Crippen molar-refractivity contribution in [2.24, 2.45) is 23.2 Å². The lowest BCUT2D eigenvalue weighted by molar-refractivity contribution is -0.137. The molecule has 0 aromatic heterocycles. The van der Waals surface area contributed by atoms with E-state index >= 15 is 0 Å². The van der Waals surface area contributed by atoms with Gasteiger partial charge in [-0.3, -0.25) is 4.79 Å². The smallest absolute Gasteiger partial charge is 0.228 e. The number of carbonyl (C=O) groups excluding carboxylic acids is 1. The van der Waals surface area contributed by atoms with Gasteiger partial charge in [-0.25, -0.2) is 0 Å². The molecule has 0 radical (unpaired) electrons. The van der Waals surface area contributed by atoms with E-state index in [0.717, 1.165) is 6.54 Å². The minimum atomic E-state index is -0.192. The number of likely N-dealkylation sites (tertiary alicyclic amines) is 1. The molecule has 0 N–H and O–H groups in total. The molecule has 4 atom stereocenters. The molecule has 0 bridgehead atoms. The molecular formula is C14H25NO2. The summed E-state index contributed by atoms with van der Waals surface area (Å²) in [6, 6.07) is 0.433. The minimum Gasteiger partial charge on any atom is -0.383 e. The maximum absolute atomic E-state index is 12.5. The number of rotatable bonds is 3. The lowest BCUT2D eigenvalue weighted by atomic mass is 9.75. The molecule has 2 rings (SSSR count). The zero-order valence-corrected chi connectivity index (χ0v) is 11.7. The molecule has 0 aromatic rings. The second-order valence-corrected chi connectivity index (χ2v) is 6.42. The van der Waals surface area contributed by atoms with E-state index in [2.05, 4.69) is 32.6 Å². The van der Waals surface area contributed by atoms with Crippen LogP contribution in [0.4, 0.5) is 0 Å². The third kappa shape index (κ3) is 1.79. The molecule has 1 saturated carbocycles. The quantitative estimate of drug-likeness (QED) is 0.755. The van der Waals surface area contributed by atoms with Crippen molar-refractivity contribution >= 4 is 5.91 Å². The van der Waals surface area contributed by atoms with Crippen LogP contribution in [-0.2, 0) is 9.53 Å². The number of hydrogen-bond donors (Lipinski definition) is 0. The molecule has 17 heavy (non-hydrogen) atoms. The first kappa shape index (κ1) is 12.9. The van der Waals surface area contributed by atoms with Crippen LogP contribution in [0.1, 0.15) is 34.1 Å². The Bertz CT molecular complexity index is 313. The fourth-order valence-electron chi connectivity index (χ4n) is 4.29. The molecule has 4 unspecified atom stereocenters. The summed E-state index contributed by atoms with van der Waals surface area (Å²) >= 11 is 0. The predicted molar refractivity (Wildman–Crippen MR) is 67.6 cm³/mol. The van der Waals surface area contributed by atoms with E-state index in [4.69, 9.17) is 4.74 Å². The number of hydrogen-bond acceptors (Lipinski definition) is 2. The number of ether oxygens (including phenoxy) is 1. The zero-order valence-electron chi connectivity index (χ0n) is 11.7. The first-order chi connectivity index (χ1) is 7.91. The molecule has 1 amide bonds. The molecule has 3 heteroatoms. The Morgan fingerprint density at radius 3 is 2.59 bits per heavy atom. The van der Waals surface area contributed by atoms with E-state index < -0.39 is 0 Å². The van der Waals surface area contributed by atoms with Gasteiger partial charge < -0.3 is 9.64 Å². The second kappa shape index (κ2) is 4.27.